The molecule has 0 spiro atoms. The van der Waals surface area contributed by atoms with Gasteiger partial charge in [0, 0.05) is 11.6 Å². The Morgan fingerprint density at radius 1 is 1.15 bits per heavy atom. The van der Waals surface area contributed by atoms with Crippen LogP contribution in [0.5, 0.6) is 5.88 Å². The van der Waals surface area contributed by atoms with Crippen molar-refractivity contribution in [2.75, 3.05) is 0 Å². The third-order valence-corrected chi connectivity index (χ3v) is 3.86. The number of pyridine rings is 1. The molecule has 0 aliphatic heterocycles. The standard InChI is InChI=1S/C17H10F6N2O2/c18-11-6-9(5-10(7-11)17(21,22)23)14-15(26)24-4-2-1-3-13(24)25(16(14)27)8-12(19)20/h1-7,12H,8H2/p+1. The van der Waals surface area contributed by atoms with Gasteiger partial charge in [0.05, 0.1) is 11.8 Å². The largest absolute Gasteiger partial charge is 0.477 e. The van der Waals surface area contributed by atoms with Crippen LogP contribution in [-0.2, 0) is 12.7 Å². The summed E-state index contributed by atoms with van der Waals surface area (Å²) in [6.45, 7) is -1.02. The number of benzene rings is 1. The Morgan fingerprint density at radius 3 is 2.48 bits per heavy atom. The molecule has 3 rings (SSSR count). The summed E-state index contributed by atoms with van der Waals surface area (Å²) in [5.41, 5.74) is -3.76. The van der Waals surface area contributed by atoms with Crippen molar-refractivity contribution in [1.29, 1.82) is 0 Å². The number of fused-ring (bicyclic) bond motifs is 1. The molecule has 0 unspecified atom stereocenters. The third kappa shape index (κ3) is 3.46. The van der Waals surface area contributed by atoms with E-state index >= 15 is 0 Å². The van der Waals surface area contributed by atoms with Crippen LogP contribution in [0.4, 0.5) is 26.3 Å². The van der Waals surface area contributed by atoms with Crippen LogP contribution < -0.4 is 10.1 Å². The van der Waals surface area contributed by atoms with Crippen molar-refractivity contribution < 1.29 is 36.0 Å². The molecule has 1 aromatic carbocycles. The number of aromatic hydroxyl groups is 1. The fourth-order valence-electron chi connectivity index (χ4n) is 2.75. The number of aromatic nitrogens is 2. The molecule has 4 nitrogen and oxygen atoms in total. The zero-order chi connectivity index (χ0) is 19.9. The zero-order valence-corrected chi connectivity index (χ0v) is 13.3. The van der Waals surface area contributed by atoms with Gasteiger partial charge in [0.2, 0.25) is 0 Å². The van der Waals surface area contributed by atoms with Crippen molar-refractivity contribution in [2.45, 2.75) is 19.1 Å². The molecule has 1 N–H and O–H groups in total. The molecule has 142 valence electrons. The third-order valence-electron chi connectivity index (χ3n) is 3.86. The molecule has 0 fully saturated rings. The number of alkyl halides is 5. The highest BCUT2D eigenvalue weighted by Gasteiger charge is 2.33. The first-order valence-corrected chi connectivity index (χ1v) is 7.52. The summed E-state index contributed by atoms with van der Waals surface area (Å²) in [6, 6.07) is 5.43. The summed E-state index contributed by atoms with van der Waals surface area (Å²) in [5, 5.41) is 10.4. The molecule has 0 amide bonds. The number of hydrogen-bond donors (Lipinski definition) is 1. The number of nitrogens with zero attached hydrogens (tertiary/aromatic N) is 2. The van der Waals surface area contributed by atoms with Crippen molar-refractivity contribution in [2.24, 2.45) is 0 Å². The molecular weight excluding hydrogens is 378 g/mol. The minimum atomic E-state index is -4.90. The van der Waals surface area contributed by atoms with E-state index < -0.39 is 53.1 Å². The van der Waals surface area contributed by atoms with Gasteiger partial charge in [0.1, 0.15) is 5.82 Å². The maximum absolute atomic E-state index is 13.7. The first kappa shape index (κ1) is 18.7. The molecule has 0 radical (unpaired) electrons. The highest BCUT2D eigenvalue weighted by atomic mass is 19.4. The maximum atomic E-state index is 13.7. The van der Waals surface area contributed by atoms with Crippen LogP contribution in [0, 0.1) is 5.82 Å². The molecule has 0 aliphatic carbocycles. The average molecular weight is 389 g/mol. The van der Waals surface area contributed by atoms with Gasteiger partial charge in [-0.05, 0) is 24.3 Å². The number of hydrogen-bond acceptors (Lipinski definition) is 2. The molecule has 0 atom stereocenters. The molecule has 2 heterocycles. The summed E-state index contributed by atoms with van der Waals surface area (Å²) >= 11 is 0. The van der Waals surface area contributed by atoms with Gasteiger partial charge in [0.25, 0.3) is 18.0 Å². The zero-order valence-electron chi connectivity index (χ0n) is 13.3. The van der Waals surface area contributed by atoms with Crippen LogP contribution in [0.1, 0.15) is 5.56 Å². The lowest BCUT2D eigenvalue weighted by molar-refractivity contribution is -0.689. The van der Waals surface area contributed by atoms with E-state index in [-0.39, 0.29) is 11.7 Å². The van der Waals surface area contributed by atoms with E-state index in [0.717, 1.165) is 4.40 Å². The van der Waals surface area contributed by atoms with E-state index in [0.29, 0.717) is 16.7 Å². The molecule has 0 saturated heterocycles. The van der Waals surface area contributed by atoms with Crippen LogP contribution in [0.3, 0.4) is 0 Å². The molecule has 27 heavy (non-hydrogen) atoms. The van der Waals surface area contributed by atoms with Crippen LogP contribution >= 0.6 is 0 Å². The fraction of sp³-hybridized carbons (Fsp3) is 0.176. The Labute approximate surface area is 147 Å². The van der Waals surface area contributed by atoms with E-state index in [9.17, 15) is 36.2 Å². The van der Waals surface area contributed by atoms with Gasteiger partial charge in [-0.1, -0.05) is 6.07 Å². The minimum absolute atomic E-state index is 0.100. The van der Waals surface area contributed by atoms with Crippen molar-refractivity contribution in [3.8, 4) is 17.0 Å². The summed E-state index contributed by atoms with van der Waals surface area (Å²) in [4.78, 5) is 12.7. The average Bonchev–Trinajstić information content (AvgIpc) is 2.57. The van der Waals surface area contributed by atoms with Crippen LogP contribution in [0.15, 0.2) is 47.4 Å². The minimum Gasteiger partial charge on any atom is -0.477 e. The SMILES string of the molecule is O=c1c(-c2cc(F)cc(C(F)(F)F)c2)c(O)[n+](CC(F)F)c2ccccn12. The van der Waals surface area contributed by atoms with Gasteiger partial charge < -0.3 is 5.11 Å². The fourth-order valence-corrected chi connectivity index (χ4v) is 2.75. The van der Waals surface area contributed by atoms with Crippen LogP contribution in [0.25, 0.3) is 16.8 Å². The smallest absolute Gasteiger partial charge is 0.416 e. The normalized spacial score (nSPS) is 12.1. The first-order valence-electron chi connectivity index (χ1n) is 7.52. The Kier molecular flexibility index (Phi) is 4.58. The predicted molar refractivity (Wildman–Crippen MR) is 81.9 cm³/mol. The Balaban J connectivity index is 2.39. The topological polar surface area (TPSA) is 45.6 Å². The Morgan fingerprint density at radius 2 is 1.85 bits per heavy atom. The predicted octanol–water partition coefficient (Wildman–Crippen LogP) is 3.38. The maximum Gasteiger partial charge on any atom is 0.416 e. The van der Waals surface area contributed by atoms with Gasteiger partial charge in [-0.25, -0.2) is 18.0 Å². The molecule has 0 saturated carbocycles. The van der Waals surface area contributed by atoms with Gasteiger partial charge in [-0.3, -0.25) is 0 Å². The van der Waals surface area contributed by atoms with E-state index in [1.807, 2.05) is 0 Å². The highest BCUT2D eigenvalue weighted by Crippen LogP contribution is 2.34. The van der Waals surface area contributed by atoms with Crippen molar-refractivity contribution in [3.05, 3.63) is 64.3 Å². The second kappa shape index (κ2) is 6.60. The molecule has 0 aliphatic rings. The summed E-state index contributed by atoms with van der Waals surface area (Å²) in [5.74, 6) is -2.28. The van der Waals surface area contributed by atoms with Crippen molar-refractivity contribution in [3.63, 3.8) is 0 Å². The second-order valence-corrected chi connectivity index (χ2v) is 5.66. The van der Waals surface area contributed by atoms with Gasteiger partial charge >= 0.3 is 11.7 Å². The molecule has 0 bridgehead atoms. The van der Waals surface area contributed by atoms with Gasteiger partial charge in [-0.15, -0.1) is 0 Å². The lowest BCUT2D eigenvalue weighted by Crippen LogP contribution is -2.43. The summed E-state index contributed by atoms with van der Waals surface area (Å²) in [7, 11) is 0. The lowest BCUT2D eigenvalue weighted by Gasteiger charge is -2.12. The van der Waals surface area contributed by atoms with E-state index in [1.54, 1.807) is 0 Å². The van der Waals surface area contributed by atoms with Crippen LogP contribution in [0.2, 0.25) is 0 Å². The first-order chi connectivity index (χ1) is 12.6. The number of halogens is 6. The summed E-state index contributed by atoms with van der Waals surface area (Å²) < 4.78 is 80.0. The lowest BCUT2D eigenvalue weighted by atomic mass is 10.0. The Bertz CT molecular complexity index is 1080. The van der Waals surface area contributed by atoms with E-state index in [1.165, 1.54) is 24.4 Å². The van der Waals surface area contributed by atoms with Gasteiger partial charge in [-0.2, -0.15) is 22.1 Å². The molecule has 10 heteroatoms. The van der Waals surface area contributed by atoms with E-state index in [2.05, 4.69) is 0 Å². The van der Waals surface area contributed by atoms with Crippen molar-refractivity contribution >= 4 is 5.65 Å². The molecular formula is C17H11F6N2O2+. The van der Waals surface area contributed by atoms with E-state index in [4.69, 9.17) is 0 Å². The second-order valence-electron chi connectivity index (χ2n) is 5.66. The highest BCUT2D eigenvalue weighted by molar-refractivity contribution is 5.68. The monoisotopic (exact) mass is 389 g/mol. The molecule has 3 aromatic rings. The molecule has 2 aromatic heterocycles. The van der Waals surface area contributed by atoms with Gasteiger partial charge in [0.15, 0.2) is 12.1 Å². The number of rotatable bonds is 3. The quantitative estimate of drug-likeness (QED) is 0.552. The Hall–Kier alpha value is -3.04. The summed E-state index contributed by atoms with van der Waals surface area (Å²) in [6.07, 6.45) is -6.63. The van der Waals surface area contributed by atoms with Crippen molar-refractivity contribution in [1.82, 2.24) is 4.40 Å². The van der Waals surface area contributed by atoms with Crippen LogP contribution in [-0.4, -0.2) is 15.9 Å².